The second-order valence-electron chi connectivity index (χ2n) is 7.42. The normalized spacial score (nSPS) is 11.8. The van der Waals surface area contributed by atoms with E-state index in [4.69, 9.17) is 0 Å². The van der Waals surface area contributed by atoms with Crippen molar-refractivity contribution in [2.45, 2.75) is 25.0 Å². The van der Waals surface area contributed by atoms with Crippen molar-refractivity contribution in [1.29, 1.82) is 0 Å². The summed E-state index contributed by atoms with van der Waals surface area (Å²) in [6.07, 6.45) is 1.36. The van der Waals surface area contributed by atoms with Gasteiger partial charge in [0.15, 0.2) is 0 Å². The summed E-state index contributed by atoms with van der Waals surface area (Å²) in [5.74, 6) is -0.435. The molecule has 0 saturated heterocycles. The first-order valence-electron chi connectivity index (χ1n) is 10.2. The highest BCUT2D eigenvalue weighted by Crippen LogP contribution is 2.18. The second kappa shape index (κ2) is 11.0. The van der Waals surface area contributed by atoms with E-state index < -0.39 is 22.5 Å². The van der Waals surface area contributed by atoms with E-state index >= 15 is 0 Å². The van der Waals surface area contributed by atoms with Gasteiger partial charge in [-0.25, -0.2) is 13.8 Å². The number of ether oxygens (including phenoxy) is 1. The van der Waals surface area contributed by atoms with E-state index in [1.807, 2.05) is 6.92 Å². The third-order valence-electron chi connectivity index (χ3n) is 4.84. The molecular formula is C24H23F2N3O4S. The van der Waals surface area contributed by atoms with Crippen LogP contribution in [0.1, 0.15) is 27.0 Å². The summed E-state index contributed by atoms with van der Waals surface area (Å²) >= 11 is 0. The van der Waals surface area contributed by atoms with Gasteiger partial charge in [0.25, 0.3) is 5.91 Å². The van der Waals surface area contributed by atoms with Crippen molar-refractivity contribution < 1.29 is 26.7 Å². The number of aryl methyl sites for hydroxylation is 1. The minimum atomic E-state index is -3.64. The quantitative estimate of drug-likeness (QED) is 0.362. The molecule has 1 amide bonds. The zero-order chi connectivity index (χ0) is 24.7. The maximum Gasteiger partial charge on any atom is 0.387 e. The molecule has 0 heterocycles. The molecule has 0 aromatic heterocycles. The van der Waals surface area contributed by atoms with Gasteiger partial charge < -0.3 is 4.74 Å². The summed E-state index contributed by atoms with van der Waals surface area (Å²) in [5.41, 5.74) is 4.98. The van der Waals surface area contributed by atoms with Crippen LogP contribution in [0.3, 0.4) is 0 Å². The number of carbonyl (C=O) groups is 1. The fraction of sp³-hybridized carbons (Fsp3) is 0.167. The summed E-state index contributed by atoms with van der Waals surface area (Å²) in [5, 5.41) is 3.85. The molecule has 0 saturated carbocycles. The van der Waals surface area contributed by atoms with Crippen molar-refractivity contribution in [3.05, 3.63) is 95.1 Å². The average Bonchev–Trinajstić information content (AvgIpc) is 2.80. The molecule has 0 aliphatic rings. The number of halogens is 2. The molecule has 1 N–H and O–H groups in total. The lowest BCUT2D eigenvalue weighted by molar-refractivity contribution is -0.0498. The predicted octanol–water partition coefficient (Wildman–Crippen LogP) is 4.18. The molecule has 0 bridgehead atoms. The highest BCUT2D eigenvalue weighted by molar-refractivity contribution is 7.89. The van der Waals surface area contributed by atoms with Gasteiger partial charge in [-0.2, -0.15) is 18.2 Å². The molecule has 3 rings (SSSR count). The molecule has 0 aliphatic carbocycles. The molecule has 0 atom stereocenters. The largest absolute Gasteiger partial charge is 0.435 e. The van der Waals surface area contributed by atoms with Gasteiger partial charge in [0, 0.05) is 19.2 Å². The number of hydrogen-bond acceptors (Lipinski definition) is 5. The van der Waals surface area contributed by atoms with E-state index in [2.05, 4.69) is 15.3 Å². The zero-order valence-electron chi connectivity index (χ0n) is 18.5. The number of nitrogens with zero attached hydrogens (tertiary/aromatic N) is 2. The van der Waals surface area contributed by atoms with Crippen molar-refractivity contribution in [2.75, 3.05) is 7.05 Å². The molecule has 0 aliphatic heterocycles. The lowest BCUT2D eigenvalue weighted by Crippen LogP contribution is -2.26. The van der Waals surface area contributed by atoms with Gasteiger partial charge in [-0.05, 0) is 66.6 Å². The minimum Gasteiger partial charge on any atom is -0.435 e. The van der Waals surface area contributed by atoms with Crippen LogP contribution in [0, 0.1) is 6.92 Å². The minimum absolute atomic E-state index is 0.0218. The summed E-state index contributed by atoms with van der Waals surface area (Å²) in [6.45, 7) is -0.876. The molecular weight excluding hydrogens is 464 g/mol. The standard InChI is InChI=1S/C24H23F2N3O4S/c1-17-3-13-22(14-4-17)34(31,32)29(2)16-19-5-9-20(10-6-19)23(30)28-27-15-18-7-11-21(12-8-18)33-24(25)26/h3-15,24H,16H2,1-2H3,(H,28,30)/b27-15+. The molecule has 10 heteroatoms. The molecule has 0 radical (unpaired) electrons. The van der Waals surface area contributed by atoms with Crippen molar-refractivity contribution in [3.63, 3.8) is 0 Å². The number of hydrazone groups is 1. The van der Waals surface area contributed by atoms with Crippen LogP contribution in [0.25, 0.3) is 0 Å². The number of benzene rings is 3. The maximum absolute atomic E-state index is 12.7. The van der Waals surface area contributed by atoms with Crippen LogP contribution in [-0.2, 0) is 16.6 Å². The molecule has 178 valence electrons. The van der Waals surface area contributed by atoms with E-state index in [1.54, 1.807) is 48.5 Å². The third-order valence-corrected chi connectivity index (χ3v) is 6.65. The van der Waals surface area contributed by atoms with E-state index in [0.29, 0.717) is 16.7 Å². The first kappa shape index (κ1) is 25.0. The Morgan fingerprint density at radius 2 is 1.65 bits per heavy atom. The monoisotopic (exact) mass is 487 g/mol. The van der Waals surface area contributed by atoms with Gasteiger partial charge >= 0.3 is 6.61 Å². The van der Waals surface area contributed by atoms with Crippen LogP contribution in [-0.4, -0.2) is 38.5 Å². The number of amides is 1. The fourth-order valence-corrected chi connectivity index (χ4v) is 4.12. The Morgan fingerprint density at radius 3 is 2.24 bits per heavy atom. The van der Waals surface area contributed by atoms with E-state index in [1.165, 1.54) is 41.8 Å². The number of alkyl halides is 2. The Hall–Kier alpha value is -3.63. The topological polar surface area (TPSA) is 88.1 Å². The Kier molecular flexibility index (Phi) is 8.08. The maximum atomic E-state index is 12.7. The predicted molar refractivity (Wildman–Crippen MR) is 124 cm³/mol. The Balaban J connectivity index is 1.56. The van der Waals surface area contributed by atoms with Crippen LogP contribution in [0.5, 0.6) is 5.75 Å². The fourth-order valence-electron chi connectivity index (χ4n) is 2.96. The van der Waals surface area contributed by atoms with Gasteiger partial charge in [0.2, 0.25) is 10.0 Å². The van der Waals surface area contributed by atoms with E-state index in [9.17, 15) is 22.0 Å². The number of nitrogens with one attached hydrogen (secondary N) is 1. The number of carbonyl (C=O) groups excluding carboxylic acids is 1. The van der Waals surface area contributed by atoms with Gasteiger partial charge in [0.1, 0.15) is 5.75 Å². The SMILES string of the molecule is Cc1ccc(S(=O)(=O)N(C)Cc2ccc(C(=O)N/N=C/c3ccc(OC(F)F)cc3)cc2)cc1. The van der Waals surface area contributed by atoms with Crippen LogP contribution in [0.15, 0.2) is 82.8 Å². The van der Waals surface area contributed by atoms with Crippen molar-refractivity contribution >= 4 is 22.1 Å². The first-order chi connectivity index (χ1) is 16.1. The molecule has 0 spiro atoms. The molecule has 0 unspecified atom stereocenters. The number of sulfonamides is 1. The zero-order valence-corrected chi connectivity index (χ0v) is 19.3. The molecule has 34 heavy (non-hydrogen) atoms. The smallest absolute Gasteiger partial charge is 0.387 e. The molecule has 7 nitrogen and oxygen atoms in total. The van der Waals surface area contributed by atoms with Crippen LogP contribution in [0.4, 0.5) is 8.78 Å². The van der Waals surface area contributed by atoms with Crippen molar-refractivity contribution in [2.24, 2.45) is 5.10 Å². The van der Waals surface area contributed by atoms with Gasteiger partial charge in [-0.3, -0.25) is 4.79 Å². The summed E-state index contributed by atoms with van der Waals surface area (Å²) in [4.78, 5) is 12.5. The van der Waals surface area contributed by atoms with Crippen LogP contribution >= 0.6 is 0 Å². The first-order valence-corrected chi connectivity index (χ1v) is 11.6. The van der Waals surface area contributed by atoms with Gasteiger partial charge in [0.05, 0.1) is 11.1 Å². The van der Waals surface area contributed by atoms with Crippen molar-refractivity contribution in [1.82, 2.24) is 9.73 Å². The lowest BCUT2D eigenvalue weighted by Gasteiger charge is -2.17. The molecule has 0 fully saturated rings. The lowest BCUT2D eigenvalue weighted by atomic mass is 10.1. The number of hydrogen-bond donors (Lipinski definition) is 1. The second-order valence-corrected chi connectivity index (χ2v) is 9.46. The summed E-state index contributed by atoms with van der Waals surface area (Å²) in [6, 6.07) is 18.9. The van der Waals surface area contributed by atoms with Crippen molar-refractivity contribution in [3.8, 4) is 5.75 Å². The molecule has 3 aromatic carbocycles. The van der Waals surface area contributed by atoms with Crippen LogP contribution in [0.2, 0.25) is 0 Å². The van der Waals surface area contributed by atoms with Gasteiger partial charge in [-0.1, -0.05) is 29.8 Å². The van der Waals surface area contributed by atoms with Gasteiger partial charge in [-0.15, -0.1) is 0 Å². The summed E-state index contributed by atoms with van der Waals surface area (Å²) in [7, 11) is -2.14. The Morgan fingerprint density at radius 1 is 1.03 bits per heavy atom. The summed E-state index contributed by atoms with van der Waals surface area (Å²) < 4.78 is 55.3. The average molecular weight is 488 g/mol. The highest BCUT2D eigenvalue weighted by atomic mass is 32.2. The third kappa shape index (κ3) is 6.69. The highest BCUT2D eigenvalue weighted by Gasteiger charge is 2.20. The van der Waals surface area contributed by atoms with E-state index in [0.717, 1.165) is 5.56 Å². The van der Waals surface area contributed by atoms with Crippen LogP contribution < -0.4 is 10.2 Å². The molecule has 3 aromatic rings. The Labute approximate surface area is 196 Å². The Bertz CT molecular complexity index is 1240. The number of rotatable bonds is 9. The van der Waals surface area contributed by atoms with E-state index in [-0.39, 0.29) is 17.2 Å².